The van der Waals surface area contributed by atoms with Gasteiger partial charge in [-0.2, -0.15) is 0 Å². The van der Waals surface area contributed by atoms with Crippen LogP contribution in [0.2, 0.25) is 0 Å². The van der Waals surface area contributed by atoms with Crippen LogP contribution in [0.15, 0.2) is 84.9 Å². The van der Waals surface area contributed by atoms with Crippen LogP contribution in [0.25, 0.3) is 38.3 Å². The largest absolute Gasteiger partial charge is 0.309 e. The zero-order valence-corrected chi connectivity index (χ0v) is 15.1. The van der Waals surface area contributed by atoms with Gasteiger partial charge in [0.2, 0.25) is 0 Å². The number of aromatic nitrogens is 1. The van der Waals surface area contributed by atoms with Crippen molar-refractivity contribution in [2.24, 2.45) is 0 Å². The van der Waals surface area contributed by atoms with Crippen molar-refractivity contribution >= 4 is 32.6 Å². The van der Waals surface area contributed by atoms with E-state index in [9.17, 15) is 0 Å². The minimum absolute atomic E-state index is 0.512. The summed E-state index contributed by atoms with van der Waals surface area (Å²) < 4.78 is 2.43. The summed E-state index contributed by atoms with van der Waals surface area (Å²) in [7, 11) is 0. The summed E-state index contributed by atoms with van der Waals surface area (Å²) in [5, 5.41) is 5.22. The monoisotopic (exact) mass is 335 g/mol. The van der Waals surface area contributed by atoms with Gasteiger partial charge in [-0.15, -0.1) is 0 Å². The van der Waals surface area contributed by atoms with E-state index in [0.29, 0.717) is 5.92 Å². The van der Waals surface area contributed by atoms with E-state index in [2.05, 4.69) is 103 Å². The maximum absolute atomic E-state index is 2.43. The molecule has 0 atom stereocenters. The highest BCUT2D eigenvalue weighted by atomic mass is 15.0. The SMILES string of the molecule is CC(C)c1ccc2c3ccc4ccccc4c3n(-c3ccccc3)c2c1. The second kappa shape index (κ2) is 5.74. The van der Waals surface area contributed by atoms with Crippen LogP contribution in [-0.4, -0.2) is 4.57 Å². The first-order valence-corrected chi connectivity index (χ1v) is 9.25. The summed E-state index contributed by atoms with van der Waals surface area (Å²) in [4.78, 5) is 0. The second-order valence-corrected chi connectivity index (χ2v) is 7.29. The van der Waals surface area contributed by atoms with Gasteiger partial charge in [0.1, 0.15) is 0 Å². The number of benzene rings is 4. The van der Waals surface area contributed by atoms with E-state index in [1.54, 1.807) is 0 Å². The number of rotatable bonds is 2. The Morgan fingerprint density at radius 2 is 1.38 bits per heavy atom. The van der Waals surface area contributed by atoms with Gasteiger partial charge >= 0.3 is 0 Å². The number of fused-ring (bicyclic) bond motifs is 5. The molecular weight excluding hydrogens is 314 g/mol. The van der Waals surface area contributed by atoms with E-state index < -0.39 is 0 Å². The molecule has 0 saturated heterocycles. The third kappa shape index (κ3) is 2.17. The predicted octanol–water partition coefficient (Wildman–Crippen LogP) is 7.06. The molecule has 0 unspecified atom stereocenters. The molecule has 0 aliphatic carbocycles. The molecule has 0 saturated carbocycles. The Kier molecular flexibility index (Phi) is 3.36. The predicted molar refractivity (Wildman–Crippen MR) is 112 cm³/mol. The molecule has 0 aliphatic heterocycles. The van der Waals surface area contributed by atoms with Crippen molar-refractivity contribution in [3.63, 3.8) is 0 Å². The van der Waals surface area contributed by atoms with E-state index in [0.717, 1.165) is 0 Å². The van der Waals surface area contributed by atoms with Crippen LogP contribution in [0.5, 0.6) is 0 Å². The minimum Gasteiger partial charge on any atom is -0.309 e. The molecule has 0 aliphatic rings. The normalized spacial score (nSPS) is 11.8. The number of para-hydroxylation sites is 1. The third-order valence-corrected chi connectivity index (χ3v) is 5.36. The number of nitrogens with zero attached hydrogens (tertiary/aromatic N) is 1. The van der Waals surface area contributed by atoms with E-state index in [4.69, 9.17) is 0 Å². The Morgan fingerprint density at radius 1 is 0.654 bits per heavy atom. The summed E-state index contributed by atoms with van der Waals surface area (Å²) in [5.74, 6) is 0.512. The fourth-order valence-corrected chi connectivity index (χ4v) is 4.00. The molecule has 0 fully saturated rings. The molecule has 1 heterocycles. The zero-order chi connectivity index (χ0) is 17.7. The lowest BCUT2D eigenvalue weighted by atomic mass is 10.0. The van der Waals surface area contributed by atoms with Gasteiger partial charge < -0.3 is 4.57 Å². The molecule has 126 valence electrons. The van der Waals surface area contributed by atoms with Crippen molar-refractivity contribution in [2.75, 3.05) is 0 Å². The molecule has 4 aromatic carbocycles. The molecule has 5 aromatic rings. The first-order chi connectivity index (χ1) is 12.7. The summed E-state index contributed by atoms with van der Waals surface area (Å²) in [5.41, 5.74) is 5.17. The van der Waals surface area contributed by atoms with Gasteiger partial charge in [0.05, 0.1) is 11.0 Å². The molecular formula is C25H21N. The molecule has 0 N–H and O–H groups in total. The Bertz CT molecular complexity index is 1240. The molecule has 0 bridgehead atoms. The van der Waals surface area contributed by atoms with Crippen LogP contribution in [0.4, 0.5) is 0 Å². The second-order valence-electron chi connectivity index (χ2n) is 7.29. The summed E-state index contributed by atoms with van der Waals surface area (Å²) in [6.45, 7) is 4.51. The van der Waals surface area contributed by atoms with Crippen molar-refractivity contribution in [1.29, 1.82) is 0 Å². The van der Waals surface area contributed by atoms with Crippen LogP contribution in [0.3, 0.4) is 0 Å². The molecule has 0 amide bonds. The Balaban J connectivity index is 2.04. The van der Waals surface area contributed by atoms with Crippen molar-refractivity contribution in [2.45, 2.75) is 19.8 Å². The first kappa shape index (κ1) is 15.2. The Labute approximate surface area is 153 Å². The quantitative estimate of drug-likeness (QED) is 0.325. The van der Waals surface area contributed by atoms with Crippen LogP contribution in [0, 0.1) is 0 Å². The first-order valence-electron chi connectivity index (χ1n) is 9.25. The molecule has 5 rings (SSSR count). The van der Waals surface area contributed by atoms with Crippen LogP contribution in [0.1, 0.15) is 25.3 Å². The highest BCUT2D eigenvalue weighted by molar-refractivity contribution is 6.18. The van der Waals surface area contributed by atoms with Gasteiger partial charge in [-0.05, 0) is 35.1 Å². The van der Waals surface area contributed by atoms with Crippen LogP contribution in [-0.2, 0) is 0 Å². The topological polar surface area (TPSA) is 4.93 Å². The zero-order valence-electron chi connectivity index (χ0n) is 15.1. The van der Waals surface area contributed by atoms with Gasteiger partial charge in [-0.3, -0.25) is 0 Å². The lowest BCUT2D eigenvalue weighted by molar-refractivity contribution is 0.868. The average molecular weight is 335 g/mol. The Morgan fingerprint density at radius 3 is 2.19 bits per heavy atom. The highest BCUT2D eigenvalue weighted by Crippen LogP contribution is 2.37. The van der Waals surface area contributed by atoms with Gasteiger partial charge in [-0.1, -0.05) is 80.6 Å². The smallest absolute Gasteiger partial charge is 0.0619 e. The molecule has 26 heavy (non-hydrogen) atoms. The summed E-state index contributed by atoms with van der Waals surface area (Å²) in [6, 6.07) is 30.8. The van der Waals surface area contributed by atoms with E-state index >= 15 is 0 Å². The van der Waals surface area contributed by atoms with Gasteiger partial charge in [0.15, 0.2) is 0 Å². The summed E-state index contributed by atoms with van der Waals surface area (Å²) in [6.07, 6.45) is 0. The number of hydrogen-bond acceptors (Lipinski definition) is 0. The van der Waals surface area contributed by atoms with Gasteiger partial charge in [0.25, 0.3) is 0 Å². The van der Waals surface area contributed by atoms with E-state index in [1.807, 2.05) is 0 Å². The fraction of sp³-hybridized carbons (Fsp3) is 0.120. The standard InChI is InChI=1S/C25H21N/c1-17(2)19-13-14-22-23-15-12-18-8-6-7-11-21(18)25(23)26(24(22)16-19)20-9-4-3-5-10-20/h3-17H,1-2H3. The molecule has 1 heteroatoms. The lowest BCUT2D eigenvalue weighted by Crippen LogP contribution is -1.95. The Hall–Kier alpha value is -3.06. The highest BCUT2D eigenvalue weighted by Gasteiger charge is 2.15. The summed E-state index contributed by atoms with van der Waals surface area (Å²) >= 11 is 0. The van der Waals surface area contributed by atoms with Gasteiger partial charge in [0, 0.05) is 21.8 Å². The fourth-order valence-electron chi connectivity index (χ4n) is 4.00. The maximum atomic E-state index is 2.43. The van der Waals surface area contributed by atoms with Crippen molar-refractivity contribution in [3.8, 4) is 5.69 Å². The molecule has 1 nitrogen and oxygen atoms in total. The van der Waals surface area contributed by atoms with Crippen molar-refractivity contribution < 1.29 is 0 Å². The third-order valence-electron chi connectivity index (χ3n) is 5.36. The number of hydrogen-bond donors (Lipinski definition) is 0. The van der Waals surface area contributed by atoms with Crippen LogP contribution < -0.4 is 0 Å². The lowest BCUT2D eigenvalue weighted by Gasteiger charge is -2.11. The molecule has 1 aromatic heterocycles. The molecule has 0 spiro atoms. The van der Waals surface area contributed by atoms with E-state index in [1.165, 1.54) is 43.8 Å². The van der Waals surface area contributed by atoms with Crippen molar-refractivity contribution in [3.05, 3.63) is 90.5 Å². The average Bonchev–Trinajstić information content (AvgIpc) is 3.02. The van der Waals surface area contributed by atoms with E-state index in [-0.39, 0.29) is 0 Å². The van der Waals surface area contributed by atoms with Crippen molar-refractivity contribution in [1.82, 2.24) is 4.57 Å². The minimum atomic E-state index is 0.512. The van der Waals surface area contributed by atoms with Gasteiger partial charge in [-0.25, -0.2) is 0 Å². The van der Waals surface area contributed by atoms with Crippen LogP contribution >= 0.6 is 0 Å². The maximum Gasteiger partial charge on any atom is 0.0619 e. The molecule has 0 radical (unpaired) electrons.